The average Bonchev–Trinajstić information content (AvgIpc) is 2.76. The van der Waals surface area contributed by atoms with Crippen LogP contribution in [0, 0.1) is 0 Å². The van der Waals surface area contributed by atoms with Crippen LogP contribution in [0.1, 0.15) is 37.7 Å². The Morgan fingerprint density at radius 3 is 2.50 bits per heavy atom. The molecule has 0 unspecified atom stereocenters. The molecule has 0 bridgehead atoms. The summed E-state index contributed by atoms with van der Waals surface area (Å²) in [7, 11) is 1.76. The van der Waals surface area contributed by atoms with Crippen LogP contribution in [0.15, 0.2) is 59.6 Å². The van der Waals surface area contributed by atoms with Crippen molar-refractivity contribution in [3.8, 4) is 0 Å². The van der Waals surface area contributed by atoms with Gasteiger partial charge < -0.3 is 26.6 Å². The van der Waals surface area contributed by atoms with E-state index in [1.54, 1.807) is 22.9 Å². The van der Waals surface area contributed by atoms with Gasteiger partial charge in [-0.05, 0) is 49.8 Å². The number of nitrogens with one attached hydrogen (secondary N) is 1. The minimum absolute atomic E-state index is 0.0661. The lowest BCUT2D eigenvalue weighted by atomic mass is 9.91. The van der Waals surface area contributed by atoms with Gasteiger partial charge in [0, 0.05) is 30.9 Å². The number of likely N-dealkylation sites (N-methyl/N-ethyl adjacent to an activating group) is 1. The Hall–Kier alpha value is -3.55. The molecule has 2 aliphatic rings. The molecular weight excluding hydrogens is 406 g/mol. The third-order valence-corrected chi connectivity index (χ3v) is 5.95. The standard InChI is InChI=1S/C24H31N5O3/c1-28(19-10-5-11-19)24(32)23-18(16-30)9-6-14-29(23)15-22(31)27-21(26)13-12-20(25)17-7-3-2-4-8-17/h2-4,7-8,12-13,16,19H,5-6,9-11,14-15,25-26H2,1H3,(H,27,31)/b20-12-,21-13+. The number of carbonyl (C=O) groups is 3. The van der Waals surface area contributed by atoms with E-state index in [9.17, 15) is 14.4 Å². The third-order valence-electron chi connectivity index (χ3n) is 5.95. The van der Waals surface area contributed by atoms with Crippen LogP contribution >= 0.6 is 0 Å². The zero-order chi connectivity index (χ0) is 23.1. The van der Waals surface area contributed by atoms with E-state index >= 15 is 0 Å². The number of aldehydes is 1. The number of carbonyl (C=O) groups excluding carboxylic acids is 3. The number of hydrogen-bond donors (Lipinski definition) is 3. The highest BCUT2D eigenvalue weighted by atomic mass is 16.2. The molecule has 1 heterocycles. The fraction of sp³-hybridized carbons (Fsp3) is 0.375. The first-order chi connectivity index (χ1) is 15.4. The van der Waals surface area contributed by atoms with Crippen molar-refractivity contribution in [3.63, 3.8) is 0 Å². The SMILES string of the molecule is CN(C(=O)C1=C(C=O)CCCN1CC(=O)N/C(N)=C/C=C(\N)c1ccccc1)C1CCC1. The van der Waals surface area contributed by atoms with Crippen molar-refractivity contribution in [1.82, 2.24) is 15.1 Å². The van der Waals surface area contributed by atoms with Crippen LogP contribution in [-0.2, 0) is 14.4 Å². The topological polar surface area (TPSA) is 122 Å². The Morgan fingerprint density at radius 2 is 1.88 bits per heavy atom. The van der Waals surface area contributed by atoms with E-state index in [0.717, 1.165) is 31.1 Å². The average molecular weight is 438 g/mol. The lowest BCUT2D eigenvalue weighted by molar-refractivity contribution is -0.132. The van der Waals surface area contributed by atoms with Gasteiger partial charge in [0.2, 0.25) is 5.91 Å². The van der Waals surface area contributed by atoms with Crippen molar-refractivity contribution >= 4 is 23.8 Å². The summed E-state index contributed by atoms with van der Waals surface area (Å²) >= 11 is 0. The zero-order valence-electron chi connectivity index (χ0n) is 18.4. The number of allylic oxidation sites excluding steroid dienone is 3. The number of benzene rings is 1. The highest BCUT2D eigenvalue weighted by Crippen LogP contribution is 2.28. The van der Waals surface area contributed by atoms with Gasteiger partial charge >= 0.3 is 0 Å². The number of rotatable bonds is 8. The zero-order valence-corrected chi connectivity index (χ0v) is 18.4. The maximum absolute atomic E-state index is 13.1. The van der Waals surface area contributed by atoms with Crippen molar-refractivity contribution in [1.29, 1.82) is 0 Å². The van der Waals surface area contributed by atoms with E-state index in [-0.39, 0.29) is 30.2 Å². The lowest BCUT2D eigenvalue weighted by Gasteiger charge is -2.39. The third kappa shape index (κ3) is 5.57. The maximum Gasteiger partial charge on any atom is 0.270 e. The fourth-order valence-corrected chi connectivity index (χ4v) is 3.87. The van der Waals surface area contributed by atoms with Gasteiger partial charge in [0.15, 0.2) is 0 Å². The number of hydrogen-bond acceptors (Lipinski definition) is 6. The van der Waals surface area contributed by atoms with Crippen LogP contribution in [0.25, 0.3) is 5.70 Å². The molecule has 1 fully saturated rings. The predicted molar refractivity (Wildman–Crippen MR) is 123 cm³/mol. The molecule has 5 N–H and O–H groups in total. The predicted octanol–water partition coefficient (Wildman–Crippen LogP) is 1.46. The van der Waals surface area contributed by atoms with Crippen LogP contribution in [0.4, 0.5) is 0 Å². The van der Waals surface area contributed by atoms with Crippen molar-refractivity contribution in [2.45, 2.75) is 38.1 Å². The minimum Gasteiger partial charge on any atom is -0.398 e. The van der Waals surface area contributed by atoms with E-state index in [4.69, 9.17) is 11.5 Å². The molecule has 8 nitrogen and oxygen atoms in total. The van der Waals surface area contributed by atoms with Gasteiger partial charge in [-0.15, -0.1) is 0 Å². The van der Waals surface area contributed by atoms with E-state index in [0.29, 0.717) is 36.4 Å². The monoisotopic (exact) mass is 437 g/mol. The van der Waals surface area contributed by atoms with Crippen molar-refractivity contribution < 1.29 is 14.4 Å². The first kappa shape index (κ1) is 23.1. The van der Waals surface area contributed by atoms with Crippen LogP contribution in [0.2, 0.25) is 0 Å². The molecule has 2 amide bonds. The van der Waals surface area contributed by atoms with E-state index in [1.165, 1.54) is 6.08 Å². The normalized spacial score (nSPS) is 17.6. The maximum atomic E-state index is 13.1. The Bertz CT molecular complexity index is 948. The molecule has 1 aliphatic carbocycles. The molecule has 1 saturated carbocycles. The molecular formula is C24H31N5O3. The Kier molecular flexibility index (Phi) is 7.70. The summed E-state index contributed by atoms with van der Waals surface area (Å²) < 4.78 is 0. The molecule has 0 atom stereocenters. The molecule has 1 aliphatic heterocycles. The summed E-state index contributed by atoms with van der Waals surface area (Å²) in [5.74, 6) is -0.425. The summed E-state index contributed by atoms with van der Waals surface area (Å²) in [6.07, 6.45) is 8.15. The van der Waals surface area contributed by atoms with Gasteiger partial charge in [0.05, 0.1) is 6.54 Å². The largest absolute Gasteiger partial charge is 0.398 e. The van der Waals surface area contributed by atoms with Crippen LogP contribution in [0.3, 0.4) is 0 Å². The molecule has 3 rings (SSSR count). The van der Waals surface area contributed by atoms with Crippen molar-refractivity contribution in [2.24, 2.45) is 11.5 Å². The van der Waals surface area contributed by atoms with Gasteiger partial charge in [0.25, 0.3) is 5.91 Å². The fourth-order valence-electron chi connectivity index (χ4n) is 3.87. The van der Waals surface area contributed by atoms with Gasteiger partial charge in [0.1, 0.15) is 17.8 Å². The molecule has 32 heavy (non-hydrogen) atoms. The molecule has 0 radical (unpaired) electrons. The van der Waals surface area contributed by atoms with E-state index in [1.807, 2.05) is 30.3 Å². The molecule has 170 valence electrons. The quantitative estimate of drug-likeness (QED) is 0.418. The second kappa shape index (κ2) is 10.7. The number of nitrogens with zero attached hydrogens (tertiary/aromatic N) is 2. The van der Waals surface area contributed by atoms with Crippen molar-refractivity contribution in [3.05, 3.63) is 65.1 Å². The first-order valence-electron chi connectivity index (χ1n) is 10.9. The van der Waals surface area contributed by atoms with E-state index < -0.39 is 0 Å². The molecule has 0 aromatic heterocycles. The molecule has 0 saturated heterocycles. The van der Waals surface area contributed by atoms with Crippen LogP contribution < -0.4 is 16.8 Å². The Morgan fingerprint density at radius 1 is 1.16 bits per heavy atom. The van der Waals surface area contributed by atoms with Gasteiger partial charge in [-0.3, -0.25) is 14.4 Å². The van der Waals surface area contributed by atoms with Crippen molar-refractivity contribution in [2.75, 3.05) is 20.1 Å². The van der Waals surface area contributed by atoms with E-state index in [2.05, 4.69) is 5.32 Å². The Balaban J connectivity index is 1.66. The summed E-state index contributed by atoms with van der Waals surface area (Å²) in [6.45, 7) is 0.457. The second-order valence-electron chi connectivity index (χ2n) is 8.18. The molecule has 8 heteroatoms. The summed E-state index contributed by atoms with van der Waals surface area (Å²) in [6, 6.07) is 9.61. The number of amides is 2. The van der Waals surface area contributed by atoms with Gasteiger partial charge in [-0.1, -0.05) is 30.3 Å². The highest BCUT2D eigenvalue weighted by molar-refractivity contribution is 5.99. The molecule has 1 aromatic carbocycles. The van der Waals surface area contributed by atoms with Gasteiger partial charge in [-0.25, -0.2) is 0 Å². The summed E-state index contributed by atoms with van der Waals surface area (Å²) in [5.41, 5.74) is 14.1. The van der Waals surface area contributed by atoms with Crippen LogP contribution in [0.5, 0.6) is 0 Å². The minimum atomic E-state index is -0.367. The Labute approximate surface area is 188 Å². The number of nitrogens with two attached hydrogens (primary N) is 2. The van der Waals surface area contributed by atoms with Crippen LogP contribution in [-0.4, -0.2) is 54.1 Å². The smallest absolute Gasteiger partial charge is 0.270 e. The molecule has 1 aromatic rings. The lowest BCUT2D eigenvalue weighted by Crippen LogP contribution is -2.48. The van der Waals surface area contributed by atoms with Gasteiger partial charge in [-0.2, -0.15) is 0 Å². The summed E-state index contributed by atoms with van der Waals surface area (Å²) in [4.78, 5) is 40.7. The molecule has 0 spiro atoms. The summed E-state index contributed by atoms with van der Waals surface area (Å²) in [5, 5.41) is 2.62. The first-order valence-corrected chi connectivity index (χ1v) is 10.9. The highest BCUT2D eigenvalue weighted by Gasteiger charge is 2.33. The second-order valence-corrected chi connectivity index (χ2v) is 8.18.